The van der Waals surface area contributed by atoms with Gasteiger partial charge in [0.15, 0.2) is 5.82 Å². The predicted molar refractivity (Wildman–Crippen MR) is 61.6 cm³/mol. The van der Waals surface area contributed by atoms with E-state index in [1.54, 1.807) is 0 Å². The molecule has 0 fully saturated rings. The van der Waals surface area contributed by atoms with Crippen LogP contribution in [0, 0.1) is 4.84 Å². The summed E-state index contributed by atoms with van der Waals surface area (Å²) in [6, 6.07) is 9.82. The number of hydrogen-bond acceptors (Lipinski definition) is 4. The Labute approximate surface area is 98.2 Å². The van der Waals surface area contributed by atoms with Crippen molar-refractivity contribution in [3.8, 4) is 0 Å². The number of benzene rings is 1. The van der Waals surface area contributed by atoms with E-state index in [1.165, 1.54) is 0 Å². The van der Waals surface area contributed by atoms with Gasteiger partial charge in [-0.05, 0) is 24.7 Å². The van der Waals surface area contributed by atoms with E-state index >= 15 is 0 Å². The number of aromatic nitrogens is 2. The summed E-state index contributed by atoms with van der Waals surface area (Å²) in [4.78, 5) is 4.26. The number of ether oxygens (including phenoxy) is 1. The van der Waals surface area contributed by atoms with Gasteiger partial charge in [-0.15, -0.1) is 0 Å². The molecule has 2 rings (SSSR count). The minimum Gasteiger partial charge on any atom is -0.366 e. The van der Waals surface area contributed by atoms with E-state index in [9.17, 15) is 0 Å². The number of hydrogen-bond donors (Lipinski definition) is 1. The predicted octanol–water partition coefficient (Wildman–Crippen LogP) is 2.86. The molecule has 1 atom stereocenters. The highest BCUT2D eigenvalue weighted by Gasteiger charge is 2.17. The van der Waals surface area contributed by atoms with Crippen molar-refractivity contribution >= 4 is 12.2 Å². The van der Waals surface area contributed by atoms with Gasteiger partial charge in [-0.3, -0.25) is 0 Å². The molecule has 84 valence electrons. The first-order valence-electron chi connectivity index (χ1n) is 5.03. The normalized spacial score (nSPS) is 12.6. The van der Waals surface area contributed by atoms with Crippen LogP contribution in [0.5, 0.6) is 0 Å². The molecule has 2 aromatic rings. The minimum atomic E-state index is -0.258. The molecule has 0 saturated heterocycles. The Kier molecular flexibility index (Phi) is 3.48. The van der Waals surface area contributed by atoms with Crippen molar-refractivity contribution < 1.29 is 9.26 Å². The zero-order chi connectivity index (χ0) is 11.4. The Bertz CT molecular complexity index is 492. The van der Waals surface area contributed by atoms with E-state index in [2.05, 4.69) is 10.1 Å². The second-order valence-corrected chi connectivity index (χ2v) is 3.56. The molecular formula is C11H12N2O2S. The Morgan fingerprint density at radius 3 is 2.75 bits per heavy atom. The monoisotopic (exact) mass is 236 g/mol. The van der Waals surface area contributed by atoms with Crippen molar-refractivity contribution in [3.63, 3.8) is 0 Å². The Morgan fingerprint density at radius 1 is 1.44 bits per heavy atom. The van der Waals surface area contributed by atoms with Crippen LogP contribution in [0.15, 0.2) is 34.9 Å². The van der Waals surface area contributed by atoms with Crippen molar-refractivity contribution in [3.05, 3.63) is 46.6 Å². The number of nitrogens with one attached hydrogen (secondary N) is 1. The van der Waals surface area contributed by atoms with E-state index in [-0.39, 0.29) is 10.9 Å². The van der Waals surface area contributed by atoms with E-state index in [1.807, 2.05) is 37.3 Å². The molecule has 16 heavy (non-hydrogen) atoms. The summed E-state index contributed by atoms with van der Waals surface area (Å²) in [6.45, 7) is 2.53. The fraction of sp³-hybridized carbons (Fsp3) is 0.273. The molecule has 0 aliphatic heterocycles. The smallest absolute Gasteiger partial charge is 0.314 e. The average molecular weight is 236 g/mol. The lowest BCUT2D eigenvalue weighted by Gasteiger charge is -2.13. The van der Waals surface area contributed by atoms with Crippen LogP contribution in [0.1, 0.15) is 24.4 Å². The third kappa shape index (κ3) is 2.37. The van der Waals surface area contributed by atoms with Crippen LogP contribution in [0.2, 0.25) is 0 Å². The van der Waals surface area contributed by atoms with E-state index in [4.69, 9.17) is 21.5 Å². The van der Waals surface area contributed by atoms with Crippen molar-refractivity contribution in [2.24, 2.45) is 0 Å². The molecule has 0 bridgehead atoms. The molecule has 1 aromatic heterocycles. The molecule has 0 radical (unpaired) electrons. The summed E-state index contributed by atoms with van der Waals surface area (Å²) in [5.74, 6) is 0.595. The molecule has 1 N–H and O–H groups in total. The largest absolute Gasteiger partial charge is 0.366 e. The Morgan fingerprint density at radius 2 is 2.19 bits per heavy atom. The summed E-state index contributed by atoms with van der Waals surface area (Å²) in [5, 5.41) is 2.67. The fourth-order valence-corrected chi connectivity index (χ4v) is 1.62. The van der Waals surface area contributed by atoms with Crippen LogP contribution in [-0.4, -0.2) is 16.7 Å². The Hall–Kier alpha value is -1.46. The molecule has 0 spiro atoms. The van der Waals surface area contributed by atoms with Gasteiger partial charge in [0.2, 0.25) is 0 Å². The van der Waals surface area contributed by atoms with E-state index in [0.29, 0.717) is 12.4 Å². The zero-order valence-corrected chi connectivity index (χ0v) is 9.66. The van der Waals surface area contributed by atoms with Crippen LogP contribution in [0.3, 0.4) is 0 Å². The van der Waals surface area contributed by atoms with Gasteiger partial charge in [0.1, 0.15) is 6.10 Å². The zero-order valence-electron chi connectivity index (χ0n) is 8.84. The second kappa shape index (κ2) is 5.05. The fourth-order valence-electron chi connectivity index (χ4n) is 1.48. The lowest BCUT2D eigenvalue weighted by Crippen LogP contribution is -2.07. The molecule has 1 aromatic carbocycles. The van der Waals surface area contributed by atoms with Crippen molar-refractivity contribution in [1.82, 2.24) is 10.1 Å². The lowest BCUT2D eigenvalue weighted by molar-refractivity contribution is 0.0833. The second-order valence-electron chi connectivity index (χ2n) is 3.21. The van der Waals surface area contributed by atoms with Crippen molar-refractivity contribution in [2.45, 2.75) is 13.0 Å². The van der Waals surface area contributed by atoms with Gasteiger partial charge in [-0.2, -0.15) is 4.98 Å². The standard InChI is InChI=1S/C11H12N2O2S/c1-2-14-9(8-6-4-3-5-7-8)10-12-11(16)15-13-10/h3-7,9H,2H2,1H3,(H,12,13,16). The summed E-state index contributed by atoms with van der Waals surface area (Å²) < 4.78 is 10.5. The van der Waals surface area contributed by atoms with Crippen LogP contribution in [-0.2, 0) is 4.74 Å². The van der Waals surface area contributed by atoms with Gasteiger partial charge in [0.05, 0.1) is 0 Å². The SMILES string of the molecule is CCOC(c1ccccc1)c1nc(=S)o[nH]1. The third-order valence-electron chi connectivity index (χ3n) is 2.14. The highest BCUT2D eigenvalue weighted by Crippen LogP contribution is 2.22. The summed E-state index contributed by atoms with van der Waals surface area (Å²) >= 11 is 4.82. The maximum Gasteiger partial charge on any atom is 0.314 e. The number of aromatic amines is 1. The highest BCUT2D eigenvalue weighted by molar-refractivity contribution is 7.71. The first-order chi connectivity index (χ1) is 7.81. The third-order valence-corrected chi connectivity index (χ3v) is 2.31. The maximum absolute atomic E-state index is 5.63. The molecule has 4 nitrogen and oxygen atoms in total. The number of nitrogens with zero attached hydrogens (tertiary/aromatic N) is 1. The number of H-pyrrole nitrogens is 1. The molecule has 1 unspecified atom stereocenters. The lowest BCUT2D eigenvalue weighted by atomic mass is 10.1. The first-order valence-corrected chi connectivity index (χ1v) is 5.44. The van der Waals surface area contributed by atoms with E-state index < -0.39 is 0 Å². The van der Waals surface area contributed by atoms with Gasteiger partial charge in [-0.1, -0.05) is 30.3 Å². The van der Waals surface area contributed by atoms with Gasteiger partial charge in [0, 0.05) is 6.61 Å². The minimum absolute atomic E-state index is 0.190. The molecule has 1 heterocycles. The Balaban J connectivity index is 2.34. The summed E-state index contributed by atoms with van der Waals surface area (Å²) in [6.07, 6.45) is -0.258. The molecule has 0 saturated carbocycles. The van der Waals surface area contributed by atoms with Crippen molar-refractivity contribution in [1.29, 1.82) is 0 Å². The molecule has 0 amide bonds. The summed E-state index contributed by atoms with van der Waals surface area (Å²) in [5.41, 5.74) is 1.02. The van der Waals surface area contributed by atoms with Gasteiger partial charge < -0.3 is 9.26 Å². The molecule has 5 heteroatoms. The molecular weight excluding hydrogens is 224 g/mol. The molecule has 0 aliphatic carbocycles. The van der Waals surface area contributed by atoms with Crippen LogP contribution in [0.25, 0.3) is 0 Å². The van der Waals surface area contributed by atoms with Crippen molar-refractivity contribution in [2.75, 3.05) is 6.61 Å². The number of rotatable bonds is 4. The van der Waals surface area contributed by atoms with Crippen LogP contribution >= 0.6 is 12.2 Å². The quantitative estimate of drug-likeness (QED) is 0.829. The van der Waals surface area contributed by atoms with Gasteiger partial charge in [-0.25, -0.2) is 5.16 Å². The first kappa shape index (κ1) is 11.0. The van der Waals surface area contributed by atoms with Gasteiger partial charge in [0.25, 0.3) is 0 Å². The average Bonchev–Trinajstić information content (AvgIpc) is 2.74. The topological polar surface area (TPSA) is 51.1 Å². The van der Waals surface area contributed by atoms with Crippen LogP contribution < -0.4 is 0 Å². The summed E-state index contributed by atoms with van der Waals surface area (Å²) in [7, 11) is 0. The highest BCUT2D eigenvalue weighted by atomic mass is 32.1. The van der Waals surface area contributed by atoms with E-state index in [0.717, 1.165) is 5.56 Å². The van der Waals surface area contributed by atoms with Crippen LogP contribution in [0.4, 0.5) is 0 Å². The van der Waals surface area contributed by atoms with Gasteiger partial charge >= 0.3 is 4.84 Å². The molecule has 0 aliphatic rings. The maximum atomic E-state index is 5.63.